The van der Waals surface area contributed by atoms with E-state index in [4.69, 9.17) is 11.6 Å². The summed E-state index contributed by atoms with van der Waals surface area (Å²) in [4.78, 5) is 13.7. The highest BCUT2D eigenvalue weighted by Crippen LogP contribution is 2.46. The van der Waals surface area contributed by atoms with Gasteiger partial charge in [-0.25, -0.2) is 4.68 Å². The molecule has 4 aromatic rings. The van der Waals surface area contributed by atoms with E-state index in [1.165, 1.54) is 11.3 Å². The molecule has 10 heteroatoms. The summed E-state index contributed by atoms with van der Waals surface area (Å²) >= 11 is 7.75. The van der Waals surface area contributed by atoms with Crippen LogP contribution in [0.5, 0.6) is 0 Å². The number of halogens is 4. The van der Waals surface area contributed by atoms with Crippen LogP contribution in [0.25, 0.3) is 10.8 Å². The largest absolute Gasteiger partial charge is 0.410 e. The molecule has 0 bridgehead atoms. The predicted octanol–water partition coefficient (Wildman–Crippen LogP) is 6.66. The summed E-state index contributed by atoms with van der Waals surface area (Å²) in [5.41, 5.74) is 0.259. The monoisotopic (exact) mass is 476 g/mol. The van der Waals surface area contributed by atoms with Crippen molar-refractivity contribution in [3.8, 4) is 0 Å². The predicted molar refractivity (Wildman–Crippen MR) is 120 cm³/mol. The maximum atomic E-state index is 13.9. The van der Waals surface area contributed by atoms with Crippen molar-refractivity contribution in [3.63, 3.8) is 0 Å². The molecule has 164 valence electrons. The van der Waals surface area contributed by atoms with Crippen molar-refractivity contribution >= 4 is 51.1 Å². The molecule has 5 rings (SSSR count). The lowest BCUT2D eigenvalue weighted by atomic mass is 10.0. The fourth-order valence-electron chi connectivity index (χ4n) is 3.93. The number of alkyl halides is 3. The van der Waals surface area contributed by atoms with Crippen molar-refractivity contribution < 1.29 is 18.0 Å². The van der Waals surface area contributed by atoms with Gasteiger partial charge in [-0.2, -0.15) is 18.3 Å². The second-order valence-corrected chi connectivity index (χ2v) is 8.80. The molecule has 3 heterocycles. The Hall–Kier alpha value is -3.04. The van der Waals surface area contributed by atoms with Crippen LogP contribution in [0.4, 0.5) is 24.7 Å². The Bertz CT molecular complexity index is 1300. The molecule has 0 fully saturated rings. The number of fused-ring (bicyclic) bond motifs is 2. The van der Waals surface area contributed by atoms with Gasteiger partial charge in [0, 0.05) is 22.4 Å². The minimum atomic E-state index is -4.55. The Morgan fingerprint density at radius 1 is 1.16 bits per heavy atom. The third-order valence-electron chi connectivity index (χ3n) is 5.44. The molecule has 1 amide bonds. The molecule has 0 radical (unpaired) electrons. The lowest BCUT2D eigenvalue weighted by molar-refractivity contribution is -0.173. The number of hydrogen-bond donors (Lipinski definition) is 2. The number of aromatic nitrogens is 2. The summed E-state index contributed by atoms with van der Waals surface area (Å²) in [6.45, 7) is 0. The fourth-order valence-corrected chi connectivity index (χ4v) is 4.98. The molecule has 32 heavy (non-hydrogen) atoms. The number of thiophene rings is 1. The molecule has 1 aliphatic heterocycles. The van der Waals surface area contributed by atoms with E-state index in [0.29, 0.717) is 5.69 Å². The topological polar surface area (TPSA) is 59.0 Å². The Balaban J connectivity index is 1.52. The first-order valence-corrected chi connectivity index (χ1v) is 11.0. The van der Waals surface area contributed by atoms with Gasteiger partial charge in [-0.1, -0.05) is 54.1 Å². The number of rotatable bonds is 3. The standard InChI is InChI=1S/C22H16ClF3N4OS/c23-18-19(21(31)28-14-8-3-6-12-5-1-2-7-13(12)14)29-30-17(22(24,25)26)11-15(27-20(18)30)16-9-4-10-32-16/h1-10,15,17,27H,11H2,(H,28,31). The van der Waals surface area contributed by atoms with Crippen molar-refractivity contribution in [3.05, 3.63) is 75.6 Å². The van der Waals surface area contributed by atoms with Crippen LogP contribution in [0.1, 0.15) is 33.9 Å². The quantitative estimate of drug-likeness (QED) is 0.347. The highest BCUT2D eigenvalue weighted by molar-refractivity contribution is 7.10. The zero-order chi connectivity index (χ0) is 22.5. The number of anilines is 2. The van der Waals surface area contributed by atoms with Crippen molar-refractivity contribution in [2.75, 3.05) is 10.6 Å². The summed E-state index contributed by atoms with van der Waals surface area (Å²) < 4.78 is 42.4. The molecule has 0 aliphatic carbocycles. The molecule has 2 N–H and O–H groups in total. The number of carbonyl (C=O) groups is 1. The number of benzene rings is 2. The van der Waals surface area contributed by atoms with Crippen LogP contribution < -0.4 is 10.6 Å². The van der Waals surface area contributed by atoms with Gasteiger partial charge in [-0.05, 0) is 22.9 Å². The van der Waals surface area contributed by atoms with Crippen LogP contribution in [-0.4, -0.2) is 21.9 Å². The molecule has 2 aromatic carbocycles. The minimum absolute atomic E-state index is 0.0123. The van der Waals surface area contributed by atoms with E-state index in [-0.39, 0.29) is 23.0 Å². The number of nitrogens with zero attached hydrogens (tertiary/aromatic N) is 2. The van der Waals surface area contributed by atoms with Crippen LogP contribution in [0.15, 0.2) is 60.0 Å². The first kappa shape index (κ1) is 20.8. The summed E-state index contributed by atoms with van der Waals surface area (Å²) in [5.74, 6) is -0.689. The van der Waals surface area contributed by atoms with E-state index in [9.17, 15) is 18.0 Å². The lowest BCUT2D eigenvalue weighted by Gasteiger charge is -2.32. The van der Waals surface area contributed by atoms with E-state index < -0.39 is 24.2 Å². The van der Waals surface area contributed by atoms with Crippen molar-refractivity contribution in [1.82, 2.24) is 9.78 Å². The molecule has 2 atom stereocenters. The number of nitrogens with one attached hydrogen (secondary N) is 2. The van der Waals surface area contributed by atoms with Gasteiger partial charge in [-0.3, -0.25) is 4.79 Å². The fraction of sp³-hybridized carbons (Fsp3) is 0.182. The highest BCUT2D eigenvalue weighted by Gasteiger charge is 2.48. The summed E-state index contributed by atoms with van der Waals surface area (Å²) in [6, 6.07) is 13.9. The van der Waals surface area contributed by atoms with Gasteiger partial charge < -0.3 is 10.6 Å². The molecule has 0 saturated heterocycles. The normalized spacial score (nSPS) is 18.2. The molecule has 0 spiro atoms. The zero-order valence-corrected chi connectivity index (χ0v) is 17.9. The van der Waals surface area contributed by atoms with E-state index in [0.717, 1.165) is 20.3 Å². The van der Waals surface area contributed by atoms with Gasteiger partial charge in [-0.15, -0.1) is 11.3 Å². The zero-order valence-electron chi connectivity index (χ0n) is 16.4. The second kappa shape index (κ2) is 7.83. The first-order chi connectivity index (χ1) is 15.3. The average Bonchev–Trinajstić information content (AvgIpc) is 3.41. The van der Waals surface area contributed by atoms with Crippen LogP contribution in [0.2, 0.25) is 5.02 Å². The number of amides is 1. The van der Waals surface area contributed by atoms with Gasteiger partial charge in [0.25, 0.3) is 5.91 Å². The van der Waals surface area contributed by atoms with Gasteiger partial charge >= 0.3 is 6.18 Å². The Labute approximate surface area is 189 Å². The summed E-state index contributed by atoms with van der Waals surface area (Å²) in [7, 11) is 0. The lowest BCUT2D eigenvalue weighted by Crippen LogP contribution is -2.35. The van der Waals surface area contributed by atoms with Crippen LogP contribution in [0.3, 0.4) is 0 Å². The van der Waals surface area contributed by atoms with Crippen LogP contribution in [-0.2, 0) is 0 Å². The van der Waals surface area contributed by atoms with Gasteiger partial charge in [0.05, 0.1) is 6.04 Å². The van der Waals surface area contributed by atoms with Crippen molar-refractivity contribution in [2.45, 2.75) is 24.7 Å². The molecule has 1 aliphatic rings. The Morgan fingerprint density at radius 3 is 2.69 bits per heavy atom. The Kier molecular flexibility index (Phi) is 5.10. The van der Waals surface area contributed by atoms with Gasteiger partial charge in [0.1, 0.15) is 10.8 Å². The van der Waals surface area contributed by atoms with Crippen molar-refractivity contribution in [2.24, 2.45) is 0 Å². The minimum Gasteiger partial charge on any atom is -0.361 e. The first-order valence-electron chi connectivity index (χ1n) is 9.76. The van der Waals surface area contributed by atoms with Gasteiger partial charge in [0.15, 0.2) is 11.7 Å². The highest BCUT2D eigenvalue weighted by atomic mass is 35.5. The van der Waals surface area contributed by atoms with Crippen molar-refractivity contribution in [1.29, 1.82) is 0 Å². The van der Waals surface area contributed by atoms with Gasteiger partial charge in [0.2, 0.25) is 0 Å². The van der Waals surface area contributed by atoms with E-state index >= 15 is 0 Å². The third kappa shape index (κ3) is 3.61. The van der Waals surface area contributed by atoms with Crippen LogP contribution >= 0.6 is 22.9 Å². The van der Waals surface area contributed by atoms with E-state index in [1.807, 2.05) is 30.3 Å². The molecular weight excluding hydrogens is 461 g/mol. The second-order valence-electron chi connectivity index (χ2n) is 7.44. The maximum Gasteiger partial charge on any atom is 0.410 e. The Morgan fingerprint density at radius 2 is 1.94 bits per heavy atom. The summed E-state index contributed by atoms with van der Waals surface area (Å²) in [6.07, 6.45) is -4.80. The molecule has 5 nitrogen and oxygen atoms in total. The third-order valence-corrected chi connectivity index (χ3v) is 6.78. The summed E-state index contributed by atoms with van der Waals surface area (Å²) in [5, 5.41) is 13.1. The maximum absolute atomic E-state index is 13.9. The SMILES string of the molecule is O=C(Nc1cccc2ccccc12)c1nn2c(c1Cl)NC(c1cccs1)CC2C(F)(F)F. The molecule has 2 unspecified atom stereocenters. The molecule has 0 saturated carbocycles. The molecule has 2 aromatic heterocycles. The van der Waals surface area contributed by atoms with E-state index in [2.05, 4.69) is 15.7 Å². The smallest absolute Gasteiger partial charge is 0.361 e. The average molecular weight is 477 g/mol. The van der Waals surface area contributed by atoms with E-state index in [1.54, 1.807) is 29.6 Å². The van der Waals surface area contributed by atoms with Crippen LogP contribution in [0, 0.1) is 0 Å². The number of carbonyl (C=O) groups excluding carboxylic acids is 1. The number of hydrogen-bond acceptors (Lipinski definition) is 4. The molecular formula is C22H16ClF3N4OS.